The van der Waals surface area contributed by atoms with E-state index in [9.17, 15) is 9.90 Å². The highest BCUT2D eigenvalue weighted by Crippen LogP contribution is 2.30. The molecule has 1 amide bonds. The fourth-order valence-electron chi connectivity index (χ4n) is 2.09. The largest absolute Gasteiger partial charge is 0.506 e. The number of phenolic OH excluding ortho intramolecular Hbond substituents is 1. The number of carbonyl (C=O) groups is 1. The van der Waals surface area contributed by atoms with Crippen LogP contribution in [0.25, 0.3) is 0 Å². The highest BCUT2D eigenvalue weighted by Gasteiger charge is 2.13. The van der Waals surface area contributed by atoms with Crippen molar-refractivity contribution in [3.05, 3.63) is 56.5 Å². The number of phenols is 1. The van der Waals surface area contributed by atoms with Gasteiger partial charge in [0.1, 0.15) is 11.5 Å². The number of hydrogen-bond acceptors (Lipinski definition) is 4. The van der Waals surface area contributed by atoms with Crippen LogP contribution in [0, 0.1) is 0 Å². The Labute approximate surface area is 169 Å². The summed E-state index contributed by atoms with van der Waals surface area (Å²) in [6.07, 6.45) is 1.36. The first-order chi connectivity index (χ1) is 12.2. The first-order valence-electron chi connectivity index (χ1n) is 7.90. The Morgan fingerprint density at radius 3 is 2.50 bits per heavy atom. The van der Waals surface area contributed by atoms with Crippen LogP contribution in [-0.2, 0) is 10.2 Å². The zero-order chi connectivity index (χ0) is 19.3. The minimum absolute atomic E-state index is 0.0430. The molecule has 2 rings (SSSR count). The van der Waals surface area contributed by atoms with Crippen molar-refractivity contribution >= 4 is 44.0 Å². The van der Waals surface area contributed by atoms with Crippen molar-refractivity contribution in [2.45, 2.75) is 26.2 Å². The molecule has 0 spiro atoms. The van der Waals surface area contributed by atoms with Crippen LogP contribution in [0.2, 0.25) is 0 Å². The van der Waals surface area contributed by atoms with Crippen molar-refractivity contribution in [3.8, 4) is 11.5 Å². The second-order valence-electron chi connectivity index (χ2n) is 6.68. The molecule has 0 saturated heterocycles. The van der Waals surface area contributed by atoms with Crippen LogP contribution in [-0.4, -0.2) is 23.8 Å². The van der Waals surface area contributed by atoms with E-state index in [0.29, 0.717) is 15.8 Å². The monoisotopic (exact) mass is 482 g/mol. The van der Waals surface area contributed by atoms with Gasteiger partial charge in [0.25, 0.3) is 5.91 Å². The second kappa shape index (κ2) is 8.68. The van der Waals surface area contributed by atoms with Crippen LogP contribution in [0.15, 0.2) is 50.4 Å². The van der Waals surface area contributed by atoms with Gasteiger partial charge in [0.2, 0.25) is 0 Å². The fraction of sp³-hybridized carbons (Fsp3) is 0.263. The van der Waals surface area contributed by atoms with E-state index in [1.807, 2.05) is 24.3 Å². The number of ether oxygens (including phenoxy) is 1. The lowest BCUT2D eigenvalue weighted by molar-refractivity contribution is -0.123. The molecule has 0 fully saturated rings. The van der Waals surface area contributed by atoms with Gasteiger partial charge >= 0.3 is 0 Å². The molecule has 0 aliphatic rings. The first kappa shape index (κ1) is 20.5. The predicted octanol–water partition coefficient (Wildman–Crippen LogP) is 4.74. The number of carbonyl (C=O) groups excluding carboxylic acids is 1. The number of benzene rings is 2. The number of aromatic hydroxyl groups is 1. The maximum atomic E-state index is 11.8. The summed E-state index contributed by atoms with van der Waals surface area (Å²) in [4.78, 5) is 11.8. The van der Waals surface area contributed by atoms with Crippen molar-refractivity contribution in [2.75, 3.05) is 6.61 Å². The zero-order valence-electron chi connectivity index (χ0n) is 14.7. The number of amides is 1. The van der Waals surface area contributed by atoms with Gasteiger partial charge in [-0.2, -0.15) is 5.10 Å². The Bertz CT molecular complexity index is 813. The normalized spacial score (nSPS) is 11.6. The molecule has 0 unspecified atom stereocenters. The summed E-state index contributed by atoms with van der Waals surface area (Å²) in [6.45, 7) is 6.25. The quantitative estimate of drug-likeness (QED) is 0.476. The molecule has 0 saturated carbocycles. The Balaban J connectivity index is 1.88. The standard InChI is InChI=1S/C19H20Br2N2O3/c1-19(2,3)13-4-6-15(7-5-13)26-11-17(24)23-22-10-12-8-14(20)9-16(21)18(12)25/h4-10,25H,11H2,1-3H3,(H,23,24)/b22-10+. The molecule has 5 nitrogen and oxygen atoms in total. The maximum absolute atomic E-state index is 11.8. The van der Waals surface area contributed by atoms with Crippen LogP contribution >= 0.6 is 31.9 Å². The lowest BCUT2D eigenvalue weighted by Gasteiger charge is -2.19. The minimum atomic E-state index is -0.394. The van der Waals surface area contributed by atoms with E-state index in [1.54, 1.807) is 12.1 Å². The number of halogens is 2. The van der Waals surface area contributed by atoms with Crippen molar-refractivity contribution in [2.24, 2.45) is 5.10 Å². The molecule has 2 aromatic rings. The number of hydrogen-bond donors (Lipinski definition) is 2. The van der Waals surface area contributed by atoms with E-state index >= 15 is 0 Å². The van der Waals surface area contributed by atoms with E-state index in [4.69, 9.17) is 4.74 Å². The number of rotatable bonds is 5. The van der Waals surface area contributed by atoms with Crippen molar-refractivity contribution < 1.29 is 14.6 Å². The average molecular weight is 484 g/mol. The molecule has 26 heavy (non-hydrogen) atoms. The van der Waals surface area contributed by atoms with E-state index in [0.717, 1.165) is 4.47 Å². The van der Waals surface area contributed by atoms with E-state index in [-0.39, 0.29) is 17.8 Å². The highest BCUT2D eigenvalue weighted by molar-refractivity contribution is 9.11. The van der Waals surface area contributed by atoms with Crippen LogP contribution < -0.4 is 10.2 Å². The van der Waals surface area contributed by atoms with Gasteiger partial charge in [0, 0.05) is 10.0 Å². The van der Waals surface area contributed by atoms with Crippen LogP contribution in [0.5, 0.6) is 11.5 Å². The third-order valence-electron chi connectivity index (χ3n) is 3.54. The lowest BCUT2D eigenvalue weighted by atomic mass is 9.87. The van der Waals surface area contributed by atoms with Crippen LogP contribution in [0.1, 0.15) is 31.9 Å². The molecule has 0 heterocycles. The summed E-state index contributed by atoms with van der Waals surface area (Å²) in [5, 5.41) is 13.8. The molecule has 0 atom stereocenters. The summed E-state index contributed by atoms with van der Waals surface area (Å²) in [6, 6.07) is 11.0. The van der Waals surface area contributed by atoms with Gasteiger partial charge in [0.05, 0.1) is 10.7 Å². The molecule has 0 aliphatic heterocycles. The molecular formula is C19H20Br2N2O3. The van der Waals surface area contributed by atoms with Gasteiger partial charge in [-0.25, -0.2) is 5.43 Å². The van der Waals surface area contributed by atoms with Gasteiger partial charge in [-0.15, -0.1) is 0 Å². The molecule has 2 aromatic carbocycles. The summed E-state index contributed by atoms with van der Waals surface area (Å²) in [5.41, 5.74) is 4.09. The van der Waals surface area contributed by atoms with Gasteiger partial charge in [-0.05, 0) is 51.2 Å². The van der Waals surface area contributed by atoms with E-state index in [1.165, 1.54) is 11.8 Å². The first-order valence-corrected chi connectivity index (χ1v) is 9.48. The molecule has 0 radical (unpaired) electrons. The summed E-state index contributed by atoms with van der Waals surface area (Å²) in [5.74, 6) is 0.266. The third kappa shape index (κ3) is 5.85. The number of nitrogens with zero attached hydrogens (tertiary/aromatic N) is 1. The summed E-state index contributed by atoms with van der Waals surface area (Å²) < 4.78 is 6.75. The molecule has 138 valence electrons. The Morgan fingerprint density at radius 2 is 1.88 bits per heavy atom. The molecule has 2 N–H and O–H groups in total. The average Bonchev–Trinajstić information content (AvgIpc) is 2.57. The van der Waals surface area contributed by atoms with E-state index < -0.39 is 5.91 Å². The lowest BCUT2D eigenvalue weighted by Crippen LogP contribution is -2.24. The van der Waals surface area contributed by atoms with Crippen LogP contribution in [0.4, 0.5) is 0 Å². The van der Waals surface area contributed by atoms with Crippen molar-refractivity contribution in [1.29, 1.82) is 0 Å². The SMILES string of the molecule is CC(C)(C)c1ccc(OCC(=O)N/N=C/c2cc(Br)cc(Br)c2O)cc1. The Kier molecular flexibility index (Phi) is 6.83. The number of nitrogens with one attached hydrogen (secondary N) is 1. The molecule has 0 aromatic heterocycles. The zero-order valence-corrected chi connectivity index (χ0v) is 17.9. The van der Waals surface area contributed by atoms with Gasteiger partial charge in [-0.1, -0.05) is 48.8 Å². The molecule has 7 heteroatoms. The Hall–Kier alpha value is -1.86. The Morgan fingerprint density at radius 1 is 1.23 bits per heavy atom. The third-order valence-corrected chi connectivity index (χ3v) is 4.60. The van der Waals surface area contributed by atoms with E-state index in [2.05, 4.69) is 63.2 Å². The number of hydrazone groups is 1. The van der Waals surface area contributed by atoms with Crippen molar-refractivity contribution in [3.63, 3.8) is 0 Å². The smallest absolute Gasteiger partial charge is 0.277 e. The maximum Gasteiger partial charge on any atom is 0.277 e. The van der Waals surface area contributed by atoms with Crippen molar-refractivity contribution in [1.82, 2.24) is 5.43 Å². The summed E-state index contributed by atoms with van der Waals surface area (Å²) >= 11 is 6.56. The molecular weight excluding hydrogens is 464 g/mol. The minimum Gasteiger partial charge on any atom is -0.506 e. The fourth-order valence-corrected chi connectivity index (χ4v) is 3.35. The predicted molar refractivity (Wildman–Crippen MR) is 110 cm³/mol. The summed E-state index contributed by atoms with van der Waals surface area (Å²) in [7, 11) is 0. The van der Waals surface area contributed by atoms with Gasteiger partial charge in [-0.3, -0.25) is 4.79 Å². The second-order valence-corrected chi connectivity index (χ2v) is 8.45. The topological polar surface area (TPSA) is 70.9 Å². The molecule has 0 aliphatic carbocycles. The highest BCUT2D eigenvalue weighted by atomic mass is 79.9. The van der Waals surface area contributed by atoms with Gasteiger partial charge < -0.3 is 9.84 Å². The van der Waals surface area contributed by atoms with Crippen LogP contribution in [0.3, 0.4) is 0 Å². The van der Waals surface area contributed by atoms with Gasteiger partial charge in [0.15, 0.2) is 6.61 Å². The molecule has 0 bridgehead atoms.